The molecule has 6 heteroatoms. The predicted octanol–water partition coefficient (Wildman–Crippen LogP) is -0.670. The van der Waals surface area contributed by atoms with Gasteiger partial charge < -0.3 is 20.9 Å². The highest BCUT2D eigenvalue weighted by atomic mass is 16.5. The van der Waals surface area contributed by atoms with Crippen LogP contribution in [0.5, 0.6) is 0 Å². The molecule has 0 aliphatic rings. The van der Waals surface area contributed by atoms with Crippen molar-refractivity contribution < 1.29 is 19.4 Å². The maximum Gasteiger partial charge on any atom is 0.326 e. The number of aliphatic carboxylic acids is 1. The summed E-state index contributed by atoms with van der Waals surface area (Å²) in [6.45, 7) is 1.92. The van der Waals surface area contributed by atoms with Gasteiger partial charge in [-0.2, -0.15) is 0 Å². The summed E-state index contributed by atoms with van der Waals surface area (Å²) in [5, 5.41) is 11.1. The van der Waals surface area contributed by atoms with Gasteiger partial charge in [-0.1, -0.05) is 13.3 Å². The van der Waals surface area contributed by atoms with E-state index in [1.165, 1.54) is 7.11 Å². The van der Waals surface area contributed by atoms with Crippen molar-refractivity contribution in [3.05, 3.63) is 0 Å². The molecule has 4 N–H and O–H groups in total. The van der Waals surface area contributed by atoms with Crippen LogP contribution in [0.4, 0.5) is 0 Å². The highest BCUT2D eigenvalue weighted by Crippen LogP contribution is 1.97. The molecule has 0 aromatic rings. The number of methoxy groups -OCH3 is 1. The minimum atomic E-state index is -1.05. The lowest BCUT2D eigenvalue weighted by molar-refractivity contribution is -0.142. The lowest BCUT2D eigenvalue weighted by Gasteiger charge is -2.16. The predicted molar refractivity (Wildman–Crippen MR) is 54.3 cm³/mol. The number of carboxylic acid groups (broad SMARTS) is 1. The minimum absolute atomic E-state index is 0.0737. The first-order valence-electron chi connectivity index (χ1n) is 4.80. The third kappa shape index (κ3) is 5.34. The fraction of sp³-hybridized carbons (Fsp3) is 0.778. The van der Waals surface area contributed by atoms with E-state index in [4.69, 9.17) is 15.6 Å². The average Bonchev–Trinajstić information content (AvgIpc) is 2.17. The minimum Gasteiger partial charge on any atom is -0.480 e. The molecule has 0 saturated heterocycles. The van der Waals surface area contributed by atoms with E-state index in [1.54, 1.807) is 0 Å². The zero-order valence-electron chi connectivity index (χ0n) is 9.03. The third-order valence-corrected chi connectivity index (χ3v) is 1.87. The number of carbonyl (C=O) groups excluding carboxylic acids is 1. The third-order valence-electron chi connectivity index (χ3n) is 1.87. The maximum absolute atomic E-state index is 11.3. The van der Waals surface area contributed by atoms with Gasteiger partial charge in [-0.25, -0.2) is 4.79 Å². The topological polar surface area (TPSA) is 102 Å². The molecule has 0 aromatic carbocycles. The van der Waals surface area contributed by atoms with Crippen LogP contribution in [0.3, 0.4) is 0 Å². The van der Waals surface area contributed by atoms with E-state index in [9.17, 15) is 9.59 Å². The van der Waals surface area contributed by atoms with E-state index in [2.05, 4.69) is 5.32 Å². The monoisotopic (exact) mass is 218 g/mol. The molecule has 0 heterocycles. The lowest BCUT2D eigenvalue weighted by Crippen LogP contribution is -2.49. The van der Waals surface area contributed by atoms with Gasteiger partial charge >= 0.3 is 5.97 Å². The Morgan fingerprint density at radius 3 is 2.53 bits per heavy atom. The van der Waals surface area contributed by atoms with E-state index in [1.807, 2.05) is 6.92 Å². The highest BCUT2D eigenvalue weighted by molar-refractivity contribution is 5.86. The average molecular weight is 218 g/mol. The standard InChI is InChI=1S/C9H18N2O4/c1-3-4-7(9(13)14)11-8(12)6(10)5-15-2/h6-7H,3-5,10H2,1-2H3,(H,11,12)(H,13,14). The maximum atomic E-state index is 11.3. The van der Waals surface area contributed by atoms with E-state index in [0.29, 0.717) is 12.8 Å². The molecule has 0 aromatic heterocycles. The fourth-order valence-electron chi connectivity index (χ4n) is 1.08. The van der Waals surface area contributed by atoms with Gasteiger partial charge in [0, 0.05) is 7.11 Å². The summed E-state index contributed by atoms with van der Waals surface area (Å²) in [5.74, 6) is -1.55. The van der Waals surface area contributed by atoms with E-state index in [-0.39, 0.29) is 6.61 Å². The number of nitrogens with one attached hydrogen (secondary N) is 1. The second-order valence-corrected chi connectivity index (χ2v) is 3.25. The quantitative estimate of drug-likeness (QED) is 0.526. The number of ether oxygens (including phenoxy) is 1. The van der Waals surface area contributed by atoms with Gasteiger partial charge in [0.2, 0.25) is 5.91 Å². The number of amides is 1. The zero-order valence-corrected chi connectivity index (χ0v) is 9.03. The Hall–Kier alpha value is -1.14. The Balaban J connectivity index is 4.15. The summed E-state index contributed by atoms with van der Waals surface area (Å²) in [5.41, 5.74) is 5.44. The number of hydrogen-bond acceptors (Lipinski definition) is 4. The molecule has 1 amide bonds. The van der Waals surface area contributed by atoms with Crippen molar-refractivity contribution >= 4 is 11.9 Å². The Labute approximate surface area is 88.8 Å². The van der Waals surface area contributed by atoms with Crippen molar-refractivity contribution in [2.45, 2.75) is 31.8 Å². The Kier molecular flexibility index (Phi) is 6.64. The molecule has 88 valence electrons. The van der Waals surface area contributed by atoms with Gasteiger partial charge in [-0.05, 0) is 6.42 Å². The second-order valence-electron chi connectivity index (χ2n) is 3.25. The van der Waals surface area contributed by atoms with Crippen molar-refractivity contribution in [1.29, 1.82) is 0 Å². The van der Waals surface area contributed by atoms with Gasteiger partial charge in [-0.15, -0.1) is 0 Å². The fourth-order valence-corrected chi connectivity index (χ4v) is 1.08. The summed E-state index contributed by atoms with van der Waals surface area (Å²) in [6.07, 6.45) is 1.07. The SMILES string of the molecule is CCCC(NC(=O)C(N)COC)C(=O)O. The lowest BCUT2D eigenvalue weighted by atomic mass is 10.1. The molecular formula is C9H18N2O4. The Morgan fingerprint density at radius 1 is 1.53 bits per heavy atom. The van der Waals surface area contributed by atoms with Crippen molar-refractivity contribution in [1.82, 2.24) is 5.32 Å². The van der Waals surface area contributed by atoms with Crippen LogP contribution in [0.2, 0.25) is 0 Å². The number of hydrogen-bond donors (Lipinski definition) is 3. The molecule has 0 bridgehead atoms. The molecule has 0 saturated carbocycles. The molecule has 0 spiro atoms. The van der Waals surface area contributed by atoms with Crippen LogP contribution in [-0.4, -0.2) is 42.8 Å². The van der Waals surface area contributed by atoms with Gasteiger partial charge in [-0.3, -0.25) is 4.79 Å². The smallest absolute Gasteiger partial charge is 0.326 e. The van der Waals surface area contributed by atoms with Crippen molar-refractivity contribution in [3.63, 3.8) is 0 Å². The summed E-state index contributed by atoms with van der Waals surface area (Å²) in [6, 6.07) is -1.70. The first-order valence-corrected chi connectivity index (χ1v) is 4.80. The van der Waals surface area contributed by atoms with Gasteiger partial charge in [0.25, 0.3) is 0 Å². The number of nitrogens with two attached hydrogens (primary N) is 1. The number of carboxylic acids is 1. The summed E-state index contributed by atoms with van der Waals surface area (Å²) in [7, 11) is 1.42. The molecule has 2 atom stereocenters. The molecule has 0 rings (SSSR count). The zero-order chi connectivity index (χ0) is 11.8. The van der Waals surface area contributed by atoms with E-state index < -0.39 is 24.0 Å². The normalized spacial score (nSPS) is 14.3. The molecule has 0 radical (unpaired) electrons. The first-order chi connectivity index (χ1) is 7.02. The first kappa shape index (κ1) is 13.9. The molecule has 2 unspecified atom stereocenters. The van der Waals surface area contributed by atoms with Crippen molar-refractivity contribution in [2.24, 2.45) is 5.73 Å². The van der Waals surface area contributed by atoms with E-state index in [0.717, 1.165) is 0 Å². The molecule has 15 heavy (non-hydrogen) atoms. The Morgan fingerprint density at radius 2 is 2.13 bits per heavy atom. The molecule has 6 nitrogen and oxygen atoms in total. The Bertz CT molecular complexity index is 220. The van der Waals surface area contributed by atoms with Crippen LogP contribution >= 0.6 is 0 Å². The van der Waals surface area contributed by atoms with Crippen LogP contribution in [0, 0.1) is 0 Å². The van der Waals surface area contributed by atoms with Crippen molar-refractivity contribution in [2.75, 3.05) is 13.7 Å². The second kappa shape index (κ2) is 7.19. The summed E-state index contributed by atoms with van der Waals surface area (Å²) >= 11 is 0. The van der Waals surface area contributed by atoms with E-state index >= 15 is 0 Å². The summed E-state index contributed by atoms with van der Waals surface area (Å²) in [4.78, 5) is 22.1. The van der Waals surface area contributed by atoms with Gasteiger partial charge in [0.1, 0.15) is 12.1 Å². The number of carbonyl (C=O) groups is 2. The molecular weight excluding hydrogens is 200 g/mol. The molecule has 0 fully saturated rings. The molecule has 0 aliphatic heterocycles. The number of rotatable bonds is 7. The van der Waals surface area contributed by atoms with Crippen LogP contribution < -0.4 is 11.1 Å². The van der Waals surface area contributed by atoms with Crippen LogP contribution in [0.25, 0.3) is 0 Å². The summed E-state index contributed by atoms with van der Waals surface area (Å²) < 4.78 is 4.69. The van der Waals surface area contributed by atoms with Crippen LogP contribution in [0.15, 0.2) is 0 Å². The van der Waals surface area contributed by atoms with Crippen LogP contribution in [0.1, 0.15) is 19.8 Å². The molecule has 0 aliphatic carbocycles. The van der Waals surface area contributed by atoms with Crippen LogP contribution in [-0.2, 0) is 14.3 Å². The highest BCUT2D eigenvalue weighted by Gasteiger charge is 2.22. The van der Waals surface area contributed by atoms with Crippen molar-refractivity contribution in [3.8, 4) is 0 Å². The van der Waals surface area contributed by atoms with Gasteiger partial charge in [0.15, 0.2) is 0 Å². The van der Waals surface area contributed by atoms with Gasteiger partial charge in [0.05, 0.1) is 6.61 Å². The largest absolute Gasteiger partial charge is 0.480 e.